The lowest BCUT2D eigenvalue weighted by Crippen LogP contribution is -2.13. The molecule has 0 bridgehead atoms. The van der Waals surface area contributed by atoms with Crippen molar-refractivity contribution in [2.45, 2.75) is 26.2 Å². The molecule has 0 atom stereocenters. The number of carboxylic acid groups (broad SMARTS) is 1. The number of amides is 1. The molecule has 21 heavy (non-hydrogen) atoms. The third-order valence-electron chi connectivity index (χ3n) is 3.09. The number of hydrogen-bond acceptors (Lipinski definition) is 3. The van der Waals surface area contributed by atoms with Crippen LogP contribution in [0.3, 0.4) is 0 Å². The van der Waals surface area contributed by atoms with Gasteiger partial charge < -0.3 is 14.8 Å². The normalized spacial score (nSPS) is 10.6. The van der Waals surface area contributed by atoms with Crippen LogP contribution >= 0.6 is 0 Å². The molecule has 0 unspecified atom stereocenters. The molecule has 0 radical (unpaired) electrons. The van der Waals surface area contributed by atoms with E-state index >= 15 is 0 Å². The monoisotopic (exact) mass is 287 g/mol. The van der Waals surface area contributed by atoms with Crippen molar-refractivity contribution in [3.05, 3.63) is 53.5 Å². The smallest absolute Gasteiger partial charge is 0.307 e. The highest BCUT2D eigenvalue weighted by molar-refractivity contribution is 6.03. The van der Waals surface area contributed by atoms with Crippen LogP contribution in [0.5, 0.6) is 0 Å². The standard InChI is InChI=1S/C16H17NO4/c1-10(2)13-7-8-21-15(13)16(20)17-12-5-3-11(4-6-12)9-14(18)19/h3-8,10H,9H2,1-2H3,(H,17,20)(H,18,19). The topological polar surface area (TPSA) is 79.5 Å². The second-order valence-electron chi connectivity index (χ2n) is 5.08. The fourth-order valence-electron chi connectivity index (χ4n) is 2.03. The number of hydrogen-bond donors (Lipinski definition) is 2. The van der Waals surface area contributed by atoms with E-state index in [9.17, 15) is 9.59 Å². The molecule has 0 saturated heterocycles. The fraction of sp³-hybridized carbons (Fsp3) is 0.250. The quantitative estimate of drug-likeness (QED) is 0.884. The lowest BCUT2D eigenvalue weighted by molar-refractivity contribution is -0.136. The summed E-state index contributed by atoms with van der Waals surface area (Å²) in [5.41, 5.74) is 2.14. The molecule has 5 heteroatoms. The summed E-state index contributed by atoms with van der Waals surface area (Å²) in [6.45, 7) is 3.98. The number of nitrogens with one attached hydrogen (secondary N) is 1. The Morgan fingerprint density at radius 1 is 1.19 bits per heavy atom. The van der Waals surface area contributed by atoms with Gasteiger partial charge in [-0.3, -0.25) is 9.59 Å². The second kappa shape index (κ2) is 6.26. The first-order valence-electron chi connectivity index (χ1n) is 6.67. The van der Waals surface area contributed by atoms with Crippen molar-refractivity contribution < 1.29 is 19.1 Å². The van der Waals surface area contributed by atoms with Gasteiger partial charge in [-0.2, -0.15) is 0 Å². The van der Waals surface area contributed by atoms with Crippen molar-refractivity contribution in [2.24, 2.45) is 0 Å². The lowest BCUT2D eigenvalue weighted by Gasteiger charge is -2.07. The number of rotatable bonds is 5. The molecule has 1 aromatic heterocycles. The molecule has 1 aromatic carbocycles. The fourth-order valence-corrected chi connectivity index (χ4v) is 2.03. The van der Waals surface area contributed by atoms with E-state index in [-0.39, 0.29) is 18.2 Å². The Labute approximate surface area is 122 Å². The zero-order valence-corrected chi connectivity index (χ0v) is 11.9. The van der Waals surface area contributed by atoms with Gasteiger partial charge in [-0.05, 0) is 29.7 Å². The summed E-state index contributed by atoms with van der Waals surface area (Å²) in [6.07, 6.45) is 1.46. The van der Waals surface area contributed by atoms with Crippen LogP contribution in [0.4, 0.5) is 5.69 Å². The van der Waals surface area contributed by atoms with E-state index in [0.29, 0.717) is 17.0 Å². The maximum absolute atomic E-state index is 12.2. The zero-order valence-electron chi connectivity index (χ0n) is 11.9. The van der Waals surface area contributed by atoms with E-state index in [0.717, 1.165) is 5.56 Å². The molecule has 2 rings (SSSR count). The highest BCUT2D eigenvalue weighted by atomic mass is 16.4. The molecular formula is C16H17NO4. The Balaban J connectivity index is 2.09. The molecule has 0 fully saturated rings. The highest BCUT2D eigenvalue weighted by Crippen LogP contribution is 2.21. The predicted octanol–water partition coefficient (Wildman–Crippen LogP) is 3.28. The first-order chi connectivity index (χ1) is 9.97. The van der Waals surface area contributed by atoms with Crippen LogP contribution < -0.4 is 5.32 Å². The minimum atomic E-state index is -0.885. The number of anilines is 1. The van der Waals surface area contributed by atoms with E-state index in [1.54, 1.807) is 30.3 Å². The van der Waals surface area contributed by atoms with Gasteiger partial charge in [0.05, 0.1) is 12.7 Å². The van der Waals surface area contributed by atoms with Crippen molar-refractivity contribution in [3.8, 4) is 0 Å². The Bertz CT molecular complexity index is 641. The Kier molecular flexibility index (Phi) is 4.42. The molecule has 0 saturated carbocycles. The van der Waals surface area contributed by atoms with Crippen LogP contribution in [-0.4, -0.2) is 17.0 Å². The van der Waals surface area contributed by atoms with E-state index in [2.05, 4.69) is 5.32 Å². The molecule has 0 aliphatic carbocycles. The summed E-state index contributed by atoms with van der Waals surface area (Å²) < 4.78 is 5.25. The van der Waals surface area contributed by atoms with Crippen LogP contribution in [0.1, 0.15) is 41.4 Å². The maximum Gasteiger partial charge on any atom is 0.307 e. The van der Waals surface area contributed by atoms with Gasteiger partial charge in [0.1, 0.15) is 0 Å². The molecule has 0 aliphatic heterocycles. The van der Waals surface area contributed by atoms with Gasteiger partial charge in [-0.1, -0.05) is 26.0 Å². The summed E-state index contributed by atoms with van der Waals surface area (Å²) in [5, 5.41) is 11.4. The molecule has 5 nitrogen and oxygen atoms in total. The number of carboxylic acids is 1. The summed E-state index contributed by atoms with van der Waals surface area (Å²) in [7, 11) is 0. The molecule has 1 amide bonds. The van der Waals surface area contributed by atoms with Crippen LogP contribution in [0.2, 0.25) is 0 Å². The molecule has 2 N–H and O–H groups in total. The molecule has 1 heterocycles. The van der Waals surface area contributed by atoms with Crippen LogP contribution in [0.25, 0.3) is 0 Å². The van der Waals surface area contributed by atoms with Gasteiger partial charge in [-0.15, -0.1) is 0 Å². The number of carbonyl (C=O) groups excluding carboxylic acids is 1. The Morgan fingerprint density at radius 3 is 2.43 bits per heavy atom. The average molecular weight is 287 g/mol. The first-order valence-corrected chi connectivity index (χ1v) is 6.67. The van der Waals surface area contributed by atoms with E-state index in [1.165, 1.54) is 6.26 Å². The third-order valence-corrected chi connectivity index (χ3v) is 3.09. The average Bonchev–Trinajstić information content (AvgIpc) is 2.90. The summed E-state index contributed by atoms with van der Waals surface area (Å²) in [6, 6.07) is 8.49. The van der Waals surface area contributed by atoms with Crippen LogP contribution in [0.15, 0.2) is 41.0 Å². The van der Waals surface area contributed by atoms with E-state index < -0.39 is 5.97 Å². The number of aliphatic carboxylic acids is 1. The number of benzene rings is 1. The van der Waals surface area contributed by atoms with Crippen molar-refractivity contribution in [1.29, 1.82) is 0 Å². The Hall–Kier alpha value is -2.56. The second-order valence-corrected chi connectivity index (χ2v) is 5.08. The van der Waals surface area contributed by atoms with E-state index in [4.69, 9.17) is 9.52 Å². The van der Waals surface area contributed by atoms with Crippen molar-refractivity contribution in [2.75, 3.05) is 5.32 Å². The Morgan fingerprint density at radius 2 is 1.86 bits per heavy atom. The predicted molar refractivity (Wildman–Crippen MR) is 78.5 cm³/mol. The van der Waals surface area contributed by atoms with E-state index in [1.807, 2.05) is 13.8 Å². The summed E-state index contributed by atoms with van der Waals surface area (Å²) >= 11 is 0. The largest absolute Gasteiger partial charge is 0.481 e. The van der Waals surface area contributed by atoms with Gasteiger partial charge in [-0.25, -0.2) is 0 Å². The molecule has 0 aliphatic rings. The molecule has 2 aromatic rings. The number of carbonyl (C=O) groups is 2. The minimum absolute atomic E-state index is 0.0378. The maximum atomic E-state index is 12.2. The van der Waals surface area contributed by atoms with Crippen molar-refractivity contribution >= 4 is 17.6 Å². The molecular weight excluding hydrogens is 270 g/mol. The molecule has 110 valence electrons. The number of furan rings is 1. The zero-order chi connectivity index (χ0) is 15.4. The van der Waals surface area contributed by atoms with Gasteiger partial charge in [0.15, 0.2) is 5.76 Å². The molecule has 0 spiro atoms. The van der Waals surface area contributed by atoms with Gasteiger partial charge in [0.25, 0.3) is 5.91 Å². The summed E-state index contributed by atoms with van der Waals surface area (Å²) in [5.74, 6) is -0.694. The summed E-state index contributed by atoms with van der Waals surface area (Å²) in [4.78, 5) is 22.8. The SMILES string of the molecule is CC(C)c1ccoc1C(=O)Nc1ccc(CC(=O)O)cc1. The van der Waals surface area contributed by atoms with Crippen molar-refractivity contribution in [1.82, 2.24) is 0 Å². The third kappa shape index (κ3) is 3.72. The minimum Gasteiger partial charge on any atom is -0.481 e. The van der Waals surface area contributed by atoms with Crippen molar-refractivity contribution in [3.63, 3.8) is 0 Å². The van der Waals surface area contributed by atoms with Gasteiger partial charge >= 0.3 is 5.97 Å². The van der Waals surface area contributed by atoms with Crippen LogP contribution in [-0.2, 0) is 11.2 Å². The van der Waals surface area contributed by atoms with Gasteiger partial charge in [0, 0.05) is 11.3 Å². The first kappa shape index (κ1) is 14.8. The van der Waals surface area contributed by atoms with Gasteiger partial charge in [0.2, 0.25) is 0 Å². The lowest BCUT2D eigenvalue weighted by atomic mass is 10.0. The van der Waals surface area contributed by atoms with Crippen LogP contribution in [0, 0.1) is 0 Å². The highest BCUT2D eigenvalue weighted by Gasteiger charge is 2.17.